The number of rotatable bonds is 4. The van der Waals surface area contributed by atoms with Crippen molar-refractivity contribution in [3.8, 4) is 5.75 Å². The molecule has 0 saturated heterocycles. The van der Waals surface area contributed by atoms with E-state index in [0.29, 0.717) is 40.6 Å². The highest BCUT2D eigenvalue weighted by Gasteiger charge is 2.28. The SMILES string of the molecule is Cc1c(C(=O)Nc2ccccc2Cl)oc2c1/C(=N/NC(=O)c1ccccc1O)CCC2. The van der Waals surface area contributed by atoms with E-state index in [1.165, 1.54) is 12.1 Å². The molecule has 0 spiro atoms. The third-order valence-corrected chi connectivity index (χ3v) is 5.42. The number of phenolic OH excluding ortho intramolecular Hbond substituents is 1. The first kappa shape index (κ1) is 20.7. The lowest BCUT2D eigenvalue weighted by Crippen LogP contribution is -2.22. The van der Waals surface area contributed by atoms with Crippen LogP contribution in [-0.4, -0.2) is 22.6 Å². The number of amides is 2. The van der Waals surface area contributed by atoms with Crippen molar-refractivity contribution >= 4 is 34.8 Å². The Kier molecular flexibility index (Phi) is 5.77. The van der Waals surface area contributed by atoms with E-state index in [-0.39, 0.29) is 17.1 Å². The van der Waals surface area contributed by atoms with Crippen molar-refractivity contribution in [2.24, 2.45) is 5.10 Å². The Morgan fingerprint density at radius 3 is 2.58 bits per heavy atom. The number of hydrogen-bond acceptors (Lipinski definition) is 5. The molecule has 3 aromatic rings. The van der Waals surface area contributed by atoms with E-state index in [0.717, 1.165) is 12.0 Å². The second-order valence-electron chi connectivity index (χ2n) is 7.16. The molecular weight excluding hydrogens is 418 g/mol. The summed E-state index contributed by atoms with van der Waals surface area (Å²) in [6.07, 6.45) is 2.07. The Labute approximate surface area is 183 Å². The molecule has 0 atom stereocenters. The number of hydrazone groups is 1. The number of fused-ring (bicyclic) bond motifs is 1. The number of furan rings is 1. The molecule has 1 aliphatic rings. The Morgan fingerprint density at radius 1 is 1.06 bits per heavy atom. The number of halogens is 1. The molecule has 0 fully saturated rings. The van der Waals surface area contributed by atoms with Crippen LogP contribution in [0, 0.1) is 6.92 Å². The first-order chi connectivity index (χ1) is 15.0. The van der Waals surface area contributed by atoms with Gasteiger partial charge in [-0.05, 0) is 44.0 Å². The van der Waals surface area contributed by atoms with Crippen molar-refractivity contribution in [3.05, 3.63) is 81.8 Å². The predicted molar refractivity (Wildman–Crippen MR) is 118 cm³/mol. The second kappa shape index (κ2) is 8.65. The molecule has 1 heterocycles. The first-order valence-electron chi connectivity index (χ1n) is 9.79. The molecule has 0 saturated carbocycles. The maximum absolute atomic E-state index is 12.8. The molecular formula is C23H20ClN3O4. The number of nitrogens with zero attached hydrogens (tertiary/aromatic N) is 1. The summed E-state index contributed by atoms with van der Waals surface area (Å²) in [5.41, 5.74) is 5.12. The standard InChI is InChI=1S/C23H20ClN3O4/c1-13-20-17(26-27-22(29)14-7-2-5-11-18(14)28)10-6-12-19(20)31-21(13)23(30)25-16-9-4-3-8-15(16)24/h2-5,7-9,11,28H,6,10,12H2,1H3,(H,25,30)(H,27,29)/b26-17+. The van der Waals surface area contributed by atoms with E-state index in [4.69, 9.17) is 16.0 Å². The Morgan fingerprint density at radius 2 is 1.81 bits per heavy atom. The highest BCUT2D eigenvalue weighted by molar-refractivity contribution is 6.33. The zero-order valence-corrected chi connectivity index (χ0v) is 17.5. The molecule has 1 aliphatic carbocycles. The van der Waals surface area contributed by atoms with Gasteiger partial charge in [-0.1, -0.05) is 35.9 Å². The van der Waals surface area contributed by atoms with Crippen molar-refractivity contribution in [2.75, 3.05) is 5.32 Å². The smallest absolute Gasteiger partial charge is 0.291 e. The monoisotopic (exact) mass is 437 g/mol. The van der Waals surface area contributed by atoms with Gasteiger partial charge in [-0.2, -0.15) is 5.10 Å². The van der Waals surface area contributed by atoms with Gasteiger partial charge < -0.3 is 14.8 Å². The number of hydrogen-bond donors (Lipinski definition) is 3. The minimum absolute atomic E-state index is 0.123. The van der Waals surface area contributed by atoms with Gasteiger partial charge in [-0.15, -0.1) is 0 Å². The number of carbonyl (C=O) groups is 2. The lowest BCUT2D eigenvalue weighted by atomic mass is 9.93. The van der Waals surface area contributed by atoms with Gasteiger partial charge in [0.2, 0.25) is 0 Å². The molecule has 2 aromatic carbocycles. The number of para-hydroxylation sites is 2. The third-order valence-electron chi connectivity index (χ3n) is 5.10. The summed E-state index contributed by atoms with van der Waals surface area (Å²) < 4.78 is 5.86. The van der Waals surface area contributed by atoms with Crippen LogP contribution in [0.3, 0.4) is 0 Å². The topological polar surface area (TPSA) is 104 Å². The molecule has 0 unspecified atom stereocenters. The van der Waals surface area contributed by atoms with E-state index in [1.807, 2.05) is 0 Å². The maximum atomic E-state index is 12.8. The van der Waals surface area contributed by atoms with Crippen LogP contribution in [-0.2, 0) is 6.42 Å². The third kappa shape index (κ3) is 4.18. The van der Waals surface area contributed by atoms with Gasteiger partial charge in [-0.25, -0.2) is 5.43 Å². The van der Waals surface area contributed by atoms with Crippen LogP contribution in [0.2, 0.25) is 5.02 Å². The van der Waals surface area contributed by atoms with Crippen LogP contribution in [0.4, 0.5) is 5.69 Å². The summed E-state index contributed by atoms with van der Waals surface area (Å²) >= 11 is 6.13. The molecule has 31 heavy (non-hydrogen) atoms. The van der Waals surface area contributed by atoms with Gasteiger partial charge in [0.05, 0.1) is 22.0 Å². The van der Waals surface area contributed by atoms with Gasteiger partial charge in [0, 0.05) is 17.5 Å². The highest BCUT2D eigenvalue weighted by Crippen LogP contribution is 2.31. The van der Waals surface area contributed by atoms with Gasteiger partial charge >= 0.3 is 0 Å². The minimum atomic E-state index is -0.518. The molecule has 2 amide bonds. The van der Waals surface area contributed by atoms with Crippen LogP contribution in [0.1, 0.15) is 50.6 Å². The second-order valence-corrected chi connectivity index (χ2v) is 7.57. The zero-order valence-electron chi connectivity index (χ0n) is 16.7. The van der Waals surface area contributed by atoms with Gasteiger partial charge in [0.15, 0.2) is 5.76 Å². The summed E-state index contributed by atoms with van der Waals surface area (Å²) in [4.78, 5) is 25.2. The molecule has 7 nitrogen and oxygen atoms in total. The maximum Gasteiger partial charge on any atom is 0.291 e. The van der Waals surface area contributed by atoms with Crippen LogP contribution >= 0.6 is 11.6 Å². The molecule has 158 valence electrons. The van der Waals surface area contributed by atoms with Crippen molar-refractivity contribution in [1.82, 2.24) is 5.43 Å². The average molecular weight is 438 g/mol. The molecule has 1 aromatic heterocycles. The summed E-state index contributed by atoms with van der Waals surface area (Å²) in [6, 6.07) is 13.2. The van der Waals surface area contributed by atoms with Crippen LogP contribution in [0.5, 0.6) is 5.75 Å². The number of aromatic hydroxyl groups is 1. The number of phenols is 1. The molecule has 3 N–H and O–H groups in total. The normalized spacial score (nSPS) is 14.2. The quantitative estimate of drug-likeness (QED) is 0.516. The first-order valence-corrected chi connectivity index (χ1v) is 10.2. The lowest BCUT2D eigenvalue weighted by Gasteiger charge is -2.13. The number of nitrogens with one attached hydrogen (secondary N) is 2. The largest absolute Gasteiger partial charge is 0.507 e. The van der Waals surface area contributed by atoms with E-state index in [9.17, 15) is 14.7 Å². The van der Waals surface area contributed by atoms with E-state index >= 15 is 0 Å². The molecule has 0 bridgehead atoms. The number of anilines is 1. The average Bonchev–Trinajstić information content (AvgIpc) is 3.11. The number of carbonyl (C=O) groups excluding carboxylic acids is 2. The van der Waals surface area contributed by atoms with E-state index in [2.05, 4.69) is 15.8 Å². The molecule has 0 aliphatic heterocycles. The number of benzene rings is 2. The van der Waals surface area contributed by atoms with Crippen LogP contribution in [0.25, 0.3) is 0 Å². The zero-order chi connectivity index (χ0) is 22.0. The molecule has 0 radical (unpaired) electrons. The summed E-state index contributed by atoms with van der Waals surface area (Å²) in [7, 11) is 0. The fourth-order valence-electron chi connectivity index (χ4n) is 3.58. The van der Waals surface area contributed by atoms with Crippen LogP contribution in [0.15, 0.2) is 58.0 Å². The summed E-state index contributed by atoms with van der Waals surface area (Å²) in [5, 5.41) is 17.3. The van der Waals surface area contributed by atoms with Crippen molar-refractivity contribution in [1.29, 1.82) is 0 Å². The number of aryl methyl sites for hydroxylation is 1. The van der Waals surface area contributed by atoms with Crippen molar-refractivity contribution in [2.45, 2.75) is 26.2 Å². The molecule has 8 heteroatoms. The van der Waals surface area contributed by atoms with Crippen molar-refractivity contribution < 1.29 is 19.1 Å². The fourth-order valence-corrected chi connectivity index (χ4v) is 3.77. The van der Waals surface area contributed by atoms with Crippen molar-refractivity contribution in [3.63, 3.8) is 0 Å². The fraction of sp³-hybridized carbons (Fsp3) is 0.174. The Hall–Kier alpha value is -3.58. The van der Waals surface area contributed by atoms with Gasteiger partial charge in [-0.3, -0.25) is 9.59 Å². The highest BCUT2D eigenvalue weighted by atomic mass is 35.5. The lowest BCUT2D eigenvalue weighted by molar-refractivity contribution is 0.0950. The Balaban J connectivity index is 1.59. The minimum Gasteiger partial charge on any atom is -0.507 e. The Bertz CT molecular complexity index is 1200. The van der Waals surface area contributed by atoms with Gasteiger partial charge in [0.25, 0.3) is 11.8 Å². The summed E-state index contributed by atoms with van der Waals surface area (Å²) in [6.45, 7) is 1.79. The van der Waals surface area contributed by atoms with E-state index in [1.54, 1.807) is 43.3 Å². The molecule has 4 rings (SSSR count). The van der Waals surface area contributed by atoms with E-state index < -0.39 is 11.8 Å². The van der Waals surface area contributed by atoms with Gasteiger partial charge in [0.1, 0.15) is 11.5 Å². The predicted octanol–water partition coefficient (Wildman–Crippen LogP) is 4.67. The summed E-state index contributed by atoms with van der Waals surface area (Å²) in [5.74, 6) is -0.203. The van der Waals surface area contributed by atoms with Crippen LogP contribution < -0.4 is 10.7 Å².